The minimum Gasteiger partial charge on any atom is -0.378 e. The number of fused-ring (bicyclic) bond motifs is 1. The summed E-state index contributed by atoms with van der Waals surface area (Å²) >= 11 is 5.99. The van der Waals surface area contributed by atoms with Gasteiger partial charge in [-0.25, -0.2) is 0 Å². The van der Waals surface area contributed by atoms with Crippen LogP contribution in [0.1, 0.15) is 12.6 Å². The second-order valence-electron chi connectivity index (χ2n) is 3.52. The number of ether oxygens (including phenoxy) is 1. The van der Waals surface area contributed by atoms with Crippen LogP contribution in [0, 0.1) is 0 Å². The fourth-order valence-electron chi connectivity index (χ4n) is 1.93. The first-order valence-electron chi connectivity index (χ1n) is 5.03. The highest BCUT2D eigenvalue weighted by molar-refractivity contribution is 6.31. The molecule has 2 rings (SSSR count). The molecule has 1 heterocycles. The summed E-state index contributed by atoms with van der Waals surface area (Å²) in [6.45, 7) is 3.70. The molecule has 0 saturated heterocycles. The van der Waals surface area contributed by atoms with Gasteiger partial charge in [-0.05, 0) is 25.1 Å². The fourth-order valence-corrected chi connectivity index (χ4v) is 2.09. The molecule has 0 fully saturated rings. The van der Waals surface area contributed by atoms with E-state index in [-0.39, 0.29) is 0 Å². The molecule has 0 aliphatic rings. The summed E-state index contributed by atoms with van der Waals surface area (Å²) in [5, 5.41) is 1.99. The number of nitrogens with zero attached hydrogens (tertiary/aromatic N) is 1. The van der Waals surface area contributed by atoms with Crippen molar-refractivity contribution in [3.8, 4) is 0 Å². The lowest BCUT2D eigenvalue weighted by molar-refractivity contribution is 0.178. The number of halogens is 1. The van der Waals surface area contributed by atoms with Crippen LogP contribution in [0.5, 0.6) is 0 Å². The van der Waals surface area contributed by atoms with Gasteiger partial charge in [0.15, 0.2) is 0 Å². The predicted molar refractivity (Wildman–Crippen MR) is 63.3 cm³/mol. The first kappa shape index (κ1) is 10.5. The van der Waals surface area contributed by atoms with Gasteiger partial charge in [-0.2, -0.15) is 0 Å². The summed E-state index contributed by atoms with van der Waals surface area (Å²) < 4.78 is 7.40. The van der Waals surface area contributed by atoms with Crippen molar-refractivity contribution >= 4 is 22.5 Å². The highest BCUT2D eigenvalue weighted by atomic mass is 35.5. The molecule has 80 valence electrons. The summed E-state index contributed by atoms with van der Waals surface area (Å²) in [4.78, 5) is 0. The van der Waals surface area contributed by atoms with Crippen LogP contribution in [-0.4, -0.2) is 11.7 Å². The van der Waals surface area contributed by atoms with Crippen LogP contribution in [0.4, 0.5) is 0 Å². The van der Waals surface area contributed by atoms with E-state index in [4.69, 9.17) is 16.3 Å². The van der Waals surface area contributed by atoms with Gasteiger partial charge in [0.25, 0.3) is 0 Å². The van der Waals surface area contributed by atoms with Gasteiger partial charge >= 0.3 is 0 Å². The van der Waals surface area contributed by atoms with Crippen molar-refractivity contribution in [3.63, 3.8) is 0 Å². The number of aryl methyl sites for hydroxylation is 1. The summed E-state index contributed by atoms with van der Waals surface area (Å²) in [6.07, 6.45) is 0. The summed E-state index contributed by atoms with van der Waals surface area (Å²) in [5.41, 5.74) is 2.37. The molecule has 0 N–H and O–H groups in total. The van der Waals surface area contributed by atoms with Crippen molar-refractivity contribution in [1.29, 1.82) is 0 Å². The Kier molecular flexibility index (Phi) is 2.98. The number of rotatable bonds is 3. The maximum atomic E-state index is 5.99. The van der Waals surface area contributed by atoms with Gasteiger partial charge in [0.1, 0.15) is 0 Å². The van der Waals surface area contributed by atoms with Crippen LogP contribution in [0.3, 0.4) is 0 Å². The Morgan fingerprint density at radius 1 is 1.33 bits per heavy atom. The standard InChI is InChI=1S/C12H14ClNO/c1-3-14-11(8-15-2)6-9-4-5-10(13)7-12(9)14/h4-7H,3,8H2,1-2H3. The first-order chi connectivity index (χ1) is 7.26. The van der Waals surface area contributed by atoms with Gasteiger partial charge in [-0.1, -0.05) is 17.7 Å². The Morgan fingerprint density at radius 2 is 2.13 bits per heavy atom. The summed E-state index contributed by atoms with van der Waals surface area (Å²) in [6, 6.07) is 8.11. The molecule has 0 aliphatic heterocycles. The Morgan fingerprint density at radius 3 is 2.80 bits per heavy atom. The summed E-state index contributed by atoms with van der Waals surface area (Å²) in [7, 11) is 1.71. The Labute approximate surface area is 94.4 Å². The van der Waals surface area contributed by atoms with Gasteiger partial charge in [-0.3, -0.25) is 0 Å². The molecule has 1 aromatic carbocycles. The van der Waals surface area contributed by atoms with E-state index in [1.165, 1.54) is 16.6 Å². The average Bonchev–Trinajstić information content (AvgIpc) is 2.55. The quantitative estimate of drug-likeness (QED) is 0.777. The smallest absolute Gasteiger partial charge is 0.0864 e. The number of methoxy groups -OCH3 is 1. The monoisotopic (exact) mass is 223 g/mol. The zero-order valence-corrected chi connectivity index (χ0v) is 9.71. The van der Waals surface area contributed by atoms with E-state index in [0.29, 0.717) is 6.61 Å². The number of benzene rings is 1. The number of hydrogen-bond donors (Lipinski definition) is 0. The first-order valence-corrected chi connectivity index (χ1v) is 5.40. The lowest BCUT2D eigenvalue weighted by atomic mass is 10.2. The van der Waals surface area contributed by atoms with Crippen molar-refractivity contribution in [2.75, 3.05) is 7.11 Å². The van der Waals surface area contributed by atoms with Crippen LogP contribution >= 0.6 is 11.6 Å². The molecule has 0 bridgehead atoms. The zero-order valence-electron chi connectivity index (χ0n) is 8.96. The minimum absolute atomic E-state index is 0.639. The van der Waals surface area contributed by atoms with E-state index in [1.54, 1.807) is 7.11 Å². The molecule has 15 heavy (non-hydrogen) atoms. The molecular formula is C12H14ClNO. The third-order valence-electron chi connectivity index (χ3n) is 2.56. The molecular weight excluding hydrogens is 210 g/mol. The number of hydrogen-bond acceptors (Lipinski definition) is 1. The van der Waals surface area contributed by atoms with E-state index < -0.39 is 0 Å². The van der Waals surface area contributed by atoms with E-state index in [2.05, 4.69) is 17.6 Å². The van der Waals surface area contributed by atoms with E-state index in [9.17, 15) is 0 Å². The maximum absolute atomic E-state index is 5.99. The molecule has 1 aromatic heterocycles. The molecule has 0 spiro atoms. The average molecular weight is 224 g/mol. The van der Waals surface area contributed by atoms with Gasteiger partial charge in [0, 0.05) is 35.3 Å². The highest BCUT2D eigenvalue weighted by Crippen LogP contribution is 2.23. The molecule has 0 aliphatic carbocycles. The van der Waals surface area contributed by atoms with Gasteiger partial charge < -0.3 is 9.30 Å². The molecule has 3 heteroatoms. The van der Waals surface area contributed by atoms with Crippen molar-refractivity contribution in [3.05, 3.63) is 35.0 Å². The van der Waals surface area contributed by atoms with Gasteiger partial charge in [0.05, 0.1) is 6.61 Å². The zero-order chi connectivity index (χ0) is 10.8. The molecule has 0 atom stereocenters. The summed E-state index contributed by atoms with van der Waals surface area (Å²) in [5.74, 6) is 0. The van der Waals surface area contributed by atoms with Crippen LogP contribution in [0.15, 0.2) is 24.3 Å². The molecule has 0 amide bonds. The van der Waals surface area contributed by atoms with Crippen molar-refractivity contribution in [2.24, 2.45) is 0 Å². The van der Waals surface area contributed by atoms with Crippen molar-refractivity contribution in [2.45, 2.75) is 20.1 Å². The third-order valence-corrected chi connectivity index (χ3v) is 2.80. The lowest BCUT2D eigenvalue weighted by Gasteiger charge is -2.06. The maximum Gasteiger partial charge on any atom is 0.0864 e. The van der Waals surface area contributed by atoms with Crippen LogP contribution < -0.4 is 0 Å². The highest BCUT2D eigenvalue weighted by Gasteiger charge is 2.07. The van der Waals surface area contributed by atoms with Crippen LogP contribution in [0.2, 0.25) is 5.02 Å². The molecule has 0 radical (unpaired) electrons. The van der Waals surface area contributed by atoms with Crippen molar-refractivity contribution in [1.82, 2.24) is 4.57 Å². The van der Waals surface area contributed by atoms with Crippen molar-refractivity contribution < 1.29 is 4.74 Å². The second-order valence-corrected chi connectivity index (χ2v) is 3.95. The topological polar surface area (TPSA) is 14.2 Å². The van der Waals surface area contributed by atoms with E-state index >= 15 is 0 Å². The lowest BCUT2D eigenvalue weighted by Crippen LogP contribution is -2.01. The molecule has 2 nitrogen and oxygen atoms in total. The molecule has 2 aromatic rings. The van der Waals surface area contributed by atoms with Crippen LogP contribution in [0.25, 0.3) is 10.9 Å². The Hall–Kier alpha value is -0.990. The van der Waals surface area contributed by atoms with Crippen LogP contribution in [-0.2, 0) is 17.9 Å². The largest absolute Gasteiger partial charge is 0.378 e. The molecule has 0 saturated carbocycles. The van der Waals surface area contributed by atoms with Gasteiger partial charge in [0.2, 0.25) is 0 Å². The predicted octanol–water partition coefficient (Wildman–Crippen LogP) is 3.46. The van der Waals surface area contributed by atoms with E-state index in [1.807, 2.05) is 18.2 Å². The second kappa shape index (κ2) is 4.25. The fraction of sp³-hybridized carbons (Fsp3) is 0.333. The van der Waals surface area contributed by atoms with E-state index in [0.717, 1.165) is 11.6 Å². The minimum atomic E-state index is 0.639. The SMILES string of the molecule is CCn1c(COC)cc2ccc(Cl)cc21. The Bertz CT molecular complexity index is 476. The van der Waals surface area contributed by atoms with Gasteiger partial charge in [-0.15, -0.1) is 0 Å². The number of aromatic nitrogens is 1. The normalized spacial score (nSPS) is 11.1. The Balaban J connectivity index is 2.63. The third kappa shape index (κ3) is 1.87. The molecule has 0 unspecified atom stereocenters.